The number of thioether (sulfide) groups is 1. The summed E-state index contributed by atoms with van der Waals surface area (Å²) in [5, 5.41) is 10.1. The van der Waals surface area contributed by atoms with Crippen molar-refractivity contribution in [2.24, 2.45) is 0 Å². The van der Waals surface area contributed by atoms with E-state index in [9.17, 15) is 4.79 Å². The first kappa shape index (κ1) is 22.8. The number of hydrogen-bond acceptors (Lipinski definition) is 6. The standard InChI is InChI=1S/C28H23N5OS2/c1-3-17-32-19-12-6-5-11-18(19)25-26(32)29-28(31-30-25)36-22(4-2)27(34)33-20-13-7-9-15-23(20)35-24-16-10-8-14-21(24)33/h3,5-16,22H,1,4,17H2,2H3. The minimum absolute atomic E-state index is 0.0121. The maximum absolute atomic E-state index is 14.0. The maximum atomic E-state index is 14.0. The van der Waals surface area contributed by atoms with Crippen LogP contribution in [-0.2, 0) is 11.3 Å². The van der Waals surface area contributed by atoms with Crippen molar-refractivity contribution in [1.29, 1.82) is 0 Å². The molecule has 6 rings (SSSR count). The molecule has 178 valence electrons. The summed E-state index contributed by atoms with van der Waals surface area (Å²) >= 11 is 3.06. The van der Waals surface area contributed by atoms with E-state index in [2.05, 4.69) is 39.5 Å². The van der Waals surface area contributed by atoms with E-state index >= 15 is 0 Å². The highest BCUT2D eigenvalue weighted by molar-refractivity contribution is 8.00. The first-order valence-corrected chi connectivity index (χ1v) is 13.5. The molecule has 1 atom stereocenters. The van der Waals surface area contributed by atoms with Crippen LogP contribution in [-0.4, -0.2) is 30.9 Å². The van der Waals surface area contributed by atoms with Crippen molar-refractivity contribution in [2.45, 2.75) is 40.1 Å². The van der Waals surface area contributed by atoms with Crippen molar-refractivity contribution in [2.75, 3.05) is 4.90 Å². The van der Waals surface area contributed by atoms with Crippen LogP contribution in [0.3, 0.4) is 0 Å². The average Bonchev–Trinajstić information content (AvgIpc) is 3.23. The third-order valence-electron chi connectivity index (χ3n) is 6.21. The third kappa shape index (κ3) is 3.77. The van der Waals surface area contributed by atoms with Gasteiger partial charge < -0.3 is 4.57 Å². The van der Waals surface area contributed by atoms with Gasteiger partial charge in [-0.1, -0.05) is 79.0 Å². The zero-order chi connectivity index (χ0) is 24.6. The van der Waals surface area contributed by atoms with Crippen LogP contribution in [0.4, 0.5) is 11.4 Å². The number of nitrogens with zero attached hydrogens (tertiary/aromatic N) is 5. The van der Waals surface area contributed by atoms with Crippen molar-refractivity contribution in [3.05, 3.63) is 85.5 Å². The van der Waals surface area contributed by atoms with Gasteiger partial charge in [-0.15, -0.1) is 16.8 Å². The minimum atomic E-state index is -0.370. The van der Waals surface area contributed by atoms with Crippen molar-refractivity contribution in [3.63, 3.8) is 0 Å². The first-order chi connectivity index (χ1) is 17.7. The molecule has 1 amide bonds. The molecule has 3 aromatic carbocycles. The molecule has 1 unspecified atom stereocenters. The Morgan fingerprint density at radius 1 is 1.00 bits per heavy atom. The fourth-order valence-electron chi connectivity index (χ4n) is 4.57. The van der Waals surface area contributed by atoms with Gasteiger partial charge in [-0.25, -0.2) is 4.98 Å². The van der Waals surface area contributed by atoms with Gasteiger partial charge in [0.1, 0.15) is 5.52 Å². The van der Waals surface area contributed by atoms with Crippen molar-refractivity contribution < 1.29 is 4.79 Å². The van der Waals surface area contributed by atoms with Crippen LogP contribution in [0.25, 0.3) is 22.1 Å². The van der Waals surface area contributed by atoms with Gasteiger partial charge in [0.05, 0.1) is 22.1 Å². The Bertz CT molecular complexity index is 1580. The molecule has 0 fully saturated rings. The quantitative estimate of drug-likeness (QED) is 0.184. The fraction of sp³-hybridized carbons (Fsp3) is 0.143. The molecule has 0 saturated heterocycles. The maximum Gasteiger partial charge on any atom is 0.245 e. The lowest BCUT2D eigenvalue weighted by molar-refractivity contribution is -0.117. The van der Waals surface area contributed by atoms with Crippen LogP contribution >= 0.6 is 23.5 Å². The van der Waals surface area contributed by atoms with E-state index in [1.807, 2.05) is 72.5 Å². The highest BCUT2D eigenvalue weighted by Crippen LogP contribution is 2.48. The average molecular weight is 510 g/mol. The molecule has 2 aromatic heterocycles. The summed E-state index contributed by atoms with van der Waals surface area (Å²) < 4.78 is 2.09. The Morgan fingerprint density at radius 3 is 2.36 bits per heavy atom. The second kappa shape index (κ2) is 9.44. The molecule has 5 aromatic rings. The SMILES string of the molecule is C=CCn1c2ccccc2c2nnc(SC(CC)C(=O)N3c4ccccc4Sc4ccccc43)nc21. The van der Waals surface area contributed by atoms with Gasteiger partial charge in [0, 0.05) is 21.7 Å². The predicted molar refractivity (Wildman–Crippen MR) is 147 cm³/mol. The summed E-state index contributed by atoms with van der Waals surface area (Å²) in [6.07, 6.45) is 2.48. The van der Waals surface area contributed by atoms with Crippen LogP contribution in [0, 0.1) is 0 Å². The molecule has 0 bridgehead atoms. The summed E-state index contributed by atoms with van der Waals surface area (Å²) in [7, 11) is 0. The van der Waals surface area contributed by atoms with E-state index in [0.29, 0.717) is 18.1 Å². The van der Waals surface area contributed by atoms with Crippen molar-refractivity contribution in [3.8, 4) is 0 Å². The Morgan fingerprint density at radius 2 is 1.67 bits per heavy atom. The number of benzene rings is 3. The van der Waals surface area contributed by atoms with E-state index in [-0.39, 0.29) is 11.2 Å². The zero-order valence-electron chi connectivity index (χ0n) is 19.7. The van der Waals surface area contributed by atoms with Gasteiger partial charge in [-0.2, -0.15) is 0 Å². The Hall–Kier alpha value is -3.62. The number of fused-ring (bicyclic) bond motifs is 5. The molecular weight excluding hydrogens is 486 g/mol. The van der Waals surface area contributed by atoms with Gasteiger partial charge in [0.15, 0.2) is 5.65 Å². The predicted octanol–water partition coefficient (Wildman–Crippen LogP) is 6.87. The van der Waals surface area contributed by atoms with Crippen LogP contribution in [0.15, 0.2) is 100 Å². The lowest BCUT2D eigenvalue weighted by Gasteiger charge is -2.33. The van der Waals surface area contributed by atoms with Crippen LogP contribution in [0.2, 0.25) is 0 Å². The van der Waals surface area contributed by atoms with Gasteiger partial charge in [-0.05, 0) is 36.8 Å². The summed E-state index contributed by atoms with van der Waals surface area (Å²) in [6.45, 7) is 6.54. The highest BCUT2D eigenvalue weighted by atomic mass is 32.2. The van der Waals surface area contributed by atoms with Crippen molar-refractivity contribution in [1.82, 2.24) is 19.7 Å². The number of carbonyl (C=O) groups excluding carboxylic acids is 1. The second-order valence-corrected chi connectivity index (χ2v) is 10.7. The number of allylic oxidation sites excluding steroid dienone is 1. The van der Waals surface area contributed by atoms with Gasteiger partial charge >= 0.3 is 0 Å². The number of hydrogen-bond donors (Lipinski definition) is 0. The molecule has 1 aliphatic rings. The van der Waals surface area contributed by atoms with E-state index in [4.69, 9.17) is 4.98 Å². The van der Waals surface area contributed by atoms with Crippen LogP contribution < -0.4 is 4.90 Å². The summed E-state index contributed by atoms with van der Waals surface area (Å²) in [5.41, 5.74) is 4.36. The molecule has 1 aliphatic heterocycles. The number of anilines is 2. The lowest BCUT2D eigenvalue weighted by Crippen LogP contribution is -2.35. The smallest absolute Gasteiger partial charge is 0.245 e. The Kier molecular flexibility index (Phi) is 5.99. The summed E-state index contributed by atoms with van der Waals surface area (Å²) in [6, 6.07) is 24.2. The van der Waals surface area contributed by atoms with Gasteiger partial charge in [-0.3, -0.25) is 9.69 Å². The summed E-state index contributed by atoms with van der Waals surface area (Å²) in [4.78, 5) is 22.9. The first-order valence-electron chi connectivity index (χ1n) is 11.8. The number of carbonyl (C=O) groups is 1. The fourth-order valence-corrected chi connectivity index (χ4v) is 6.49. The number of para-hydroxylation sites is 3. The number of aromatic nitrogens is 4. The second-order valence-electron chi connectivity index (χ2n) is 8.41. The number of rotatable bonds is 6. The molecule has 0 spiro atoms. The normalized spacial score (nSPS) is 13.4. The zero-order valence-corrected chi connectivity index (χ0v) is 21.3. The van der Waals surface area contributed by atoms with E-state index in [1.54, 1.807) is 11.8 Å². The largest absolute Gasteiger partial charge is 0.320 e. The minimum Gasteiger partial charge on any atom is -0.320 e. The van der Waals surface area contributed by atoms with Crippen molar-refractivity contribution >= 4 is 62.9 Å². The Balaban J connectivity index is 1.39. The number of amides is 1. The molecule has 6 nitrogen and oxygen atoms in total. The molecule has 0 aliphatic carbocycles. The van der Waals surface area contributed by atoms with Gasteiger partial charge in [0.25, 0.3) is 0 Å². The molecule has 3 heterocycles. The molecule has 0 saturated carbocycles. The third-order valence-corrected chi connectivity index (χ3v) is 8.55. The van der Waals surface area contributed by atoms with Crippen LogP contribution in [0.5, 0.6) is 0 Å². The highest BCUT2D eigenvalue weighted by Gasteiger charge is 2.33. The van der Waals surface area contributed by atoms with Gasteiger partial charge in [0.2, 0.25) is 11.1 Å². The van der Waals surface area contributed by atoms with E-state index < -0.39 is 0 Å². The summed E-state index contributed by atoms with van der Waals surface area (Å²) in [5.74, 6) is 0.0121. The molecule has 0 radical (unpaired) electrons. The van der Waals surface area contributed by atoms with E-state index in [1.165, 1.54) is 11.8 Å². The molecule has 0 N–H and O–H groups in total. The lowest BCUT2D eigenvalue weighted by atomic mass is 10.2. The molecule has 8 heteroatoms. The molecule has 36 heavy (non-hydrogen) atoms. The van der Waals surface area contributed by atoms with Crippen LogP contribution in [0.1, 0.15) is 13.3 Å². The Labute approximate surface area is 217 Å². The van der Waals surface area contributed by atoms with E-state index in [0.717, 1.165) is 43.2 Å². The topological polar surface area (TPSA) is 63.9 Å². The molecular formula is C28H23N5OS2. The monoisotopic (exact) mass is 509 g/mol.